The van der Waals surface area contributed by atoms with E-state index in [1.54, 1.807) is 6.07 Å². The standard InChI is InChI=1S/C15H18O2/c1-5-11-7-15(16)17-14-6-10(4)12(9(2)3)8-13(11)14/h6-9H,5H2,1-4H3. The van der Waals surface area contributed by atoms with Crippen molar-refractivity contribution in [2.75, 3.05) is 0 Å². The highest BCUT2D eigenvalue weighted by Crippen LogP contribution is 2.26. The molecule has 1 aromatic heterocycles. The first-order valence-corrected chi connectivity index (χ1v) is 6.10. The van der Waals surface area contributed by atoms with Crippen molar-refractivity contribution in [2.45, 2.75) is 40.0 Å². The molecule has 1 heterocycles. The molecule has 17 heavy (non-hydrogen) atoms. The molecule has 0 unspecified atom stereocenters. The molecule has 0 spiro atoms. The second kappa shape index (κ2) is 4.36. The van der Waals surface area contributed by atoms with Crippen LogP contribution in [0.1, 0.15) is 43.4 Å². The molecule has 0 saturated heterocycles. The fourth-order valence-electron chi connectivity index (χ4n) is 2.31. The number of fused-ring (bicyclic) bond motifs is 1. The van der Waals surface area contributed by atoms with Crippen LogP contribution < -0.4 is 5.63 Å². The third-order valence-corrected chi connectivity index (χ3v) is 3.22. The maximum Gasteiger partial charge on any atom is 0.336 e. The normalized spacial score (nSPS) is 11.4. The quantitative estimate of drug-likeness (QED) is 0.735. The summed E-state index contributed by atoms with van der Waals surface area (Å²) in [5.41, 5.74) is 4.02. The smallest absolute Gasteiger partial charge is 0.336 e. The lowest BCUT2D eigenvalue weighted by Crippen LogP contribution is -2.01. The van der Waals surface area contributed by atoms with Crippen molar-refractivity contribution in [3.63, 3.8) is 0 Å². The average Bonchev–Trinajstić information content (AvgIpc) is 2.26. The molecule has 2 heteroatoms. The van der Waals surface area contributed by atoms with Crippen molar-refractivity contribution in [1.29, 1.82) is 0 Å². The van der Waals surface area contributed by atoms with Gasteiger partial charge in [0, 0.05) is 11.5 Å². The van der Waals surface area contributed by atoms with Crippen LogP contribution >= 0.6 is 0 Å². The fraction of sp³-hybridized carbons (Fsp3) is 0.400. The van der Waals surface area contributed by atoms with Gasteiger partial charge in [-0.05, 0) is 48.1 Å². The molecule has 2 nitrogen and oxygen atoms in total. The third kappa shape index (κ3) is 2.12. The van der Waals surface area contributed by atoms with Crippen LogP contribution in [0.25, 0.3) is 11.0 Å². The van der Waals surface area contributed by atoms with Crippen molar-refractivity contribution < 1.29 is 4.42 Å². The molecule has 0 saturated carbocycles. The van der Waals surface area contributed by atoms with Gasteiger partial charge in [-0.1, -0.05) is 20.8 Å². The van der Waals surface area contributed by atoms with Gasteiger partial charge in [0.05, 0.1) is 0 Å². The first-order valence-electron chi connectivity index (χ1n) is 6.10. The molecule has 0 atom stereocenters. The van der Waals surface area contributed by atoms with E-state index in [1.165, 1.54) is 11.1 Å². The first kappa shape index (κ1) is 11.9. The average molecular weight is 230 g/mol. The Bertz CT molecular complexity index is 606. The highest BCUT2D eigenvalue weighted by Gasteiger charge is 2.10. The van der Waals surface area contributed by atoms with E-state index in [0.29, 0.717) is 11.5 Å². The van der Waals surface area contributed by atoms with E-state index in [0.717, 1.165) is 17.4 Å². The summed E-state index contributed by atoms with van der Waals surface area (Å²) in [4.78, 5) is 11.4. The Balaban J connectivity index is 2.83. The summed E-state index contributed by atoms with van der Waals surface area (Å²) in [5, 5.41) is 1.07. The Morgan fingerprint density at radius 1 is 1.24 bits per heavy atom. The topological polar surface area (TPSA) is 30.2 Å². The fourth-order valence-corrected chi connectivity index (χ4v) is 2.31. The molecule has 90 valence electrons. The summed E-state index contributed by atoms with van der Waals surface area (Å²) in [5.74, 6) is 0.482. The van der Waals surface area contributed by atoms with Crippen LogP contribution in [-0.4, -0.2) is 0 Å². The van der Waals surface area contributed by atoms with E-state index in [9.17, 15) is 4.79 Å². The van der Waals surface area contributed by atoms with Crippen molar-refractivity contribution in [2.24, 2.45) is 0 Å². The van der Waals surface area contributed by atoms with E-state index < -0.39 is 0 Å². The molecule has 1 aromatic carbocycles. The summed E-state index contributed by atoms with van der Waals surface area (Å²) >= 11 is 0. The highest BCUT2D eigenvalue weighted by atomic mass is 16.4. The van der Waals surface area contributed by atoms with E-state index in [2.05, 4.69) is 33.8 Å². The van der Waals surface area contributed by atoms with Crippen LogP contribution in [-0.2, 0) is 6.42 Å². The van der Waals surface area contributed by atoms with Gasteiger partial charge in [0.25, 0.3) is 0 Å². The lowest BCUT2D eigenvalue weighted by molar-refractivity contribution is 0.558. The van der Waals surface area contributed by atoms with Gasteiger partial charge < -0.3 is 4.42 Å². The Kier molecular flexibility index (Phi) is 3.05. The SMILES string of the molecule is CCc1cc(=O)oc2cc(C)c(C(C)C)cc12. The summed E-state index contributed by atoms with van der Waals surface area (Å²) in [6, 6.07) is 5.74. The van der Waals surface area contributed by atoms with Crippen LogP contribution in [0, 0.1) is 6.92 Å². The molecular weight excluding hydrogens is 212 g/mol. The lowest BCUT2D eigenvalue weighted by Gasteiger charge is -2.12. The van der Waals surface area contributed by atoms with Crippen molar-refractivity contribution >= 4 is 11.0 Å². The molecule has 0 aliphatic rings. The van der Waals surface area contributed by atoms with E-state index in [-0.39, 0.29) is 5.63 Å². The maximum atomic E-state index is 11.4. The van der Waals surface area contributed by atoms with Gasteiger partial charge >= 0.3 is 5.63 Å². The van der Waals surface area contributed by atoms with Gasteiger partial charge in [-0.15, -0.1) is 0 Å². The monoisotopic (exact) mass is 230 g/mol. The zero-order valence-electron chi connectivity index (χ0n) is 10.8. The van der Waals surface area contributed by atoms with Crippen LogP contribution in [0.5, 0.6) is 0 Å². The molecule has 0 N–H and O–H groups in total. The second-order valence-corrected chi connectivity index (χ2v) is 4.80. The van der Waals surface area contributed by atoms with Crippen LogP contribution in [0.15, 0.2) is 27.4 Å². The van der Waals surface area contributed by atoms with Crippen LogP contribution in [0.2, 0.25) is 0 Å². The second-order valence-electron chi connectivity index (χ2n) is 4.80. The Hall–Kier alpha value is -1.57. The third-order valence-electron chi connectivity index (χ3n) is 3.22. The molecule has 2 aromatic rings. The van der Waals surface area contributed by atoms with Gasteiger partial charge in [0.2, 0.25) is 0 Å². The molecule has 0 bridgehead atoms. The summed E-state index contributed by atoms with van der Waals surface area (Å²) in [7, 11) is 0. The molecule has 0 aliphatic heterocycles. The maximum absolute atomic E-state index is 11.4. The summed E-state index contributed by atoms with van der Waals surface area (Å²) < 4.78 is 5.26. The van der Waals surface area contributed by atoms with Crippen molar-refractivity contribution in [1.82, 2.24) is 0 Å². The Labute approximate surface area is 101 Å². The lowest BCUT2D eigenvalue weighted by atomic mass is 9.94. The van der Waals surface area contributed by atoms with E-state index >= 15 is 0 Å². The number of rotatable bonds is 2. The molecule has 0 radical (unpaired) electrons. The number of aryl methyl sites for hydroxylation is 2. The zero-order valence-corrected chi connectivity index (χ0v) is 10.8. The van der Waals surface area contributed by atoms with Gasteiger partial charge in [-0.3, -0.25) is 0 Å². The van der Waals surface area contributed by atoms with Crippen LogP contribution in [0.3, 0.4) is 0 Å². The molecule has 0 fully saturated rings. The number of hydrogen-bond acceptors (Lipinski definition) is 2. The Morgan fingerprint density at radius 3 is 2.53 bits per heavy atom. The minimum absolute atomic E-state index is 0.258. The molecule has 2 rings (SSSR count). The van der Waals surface area contributed by atoms with Gasteiger partial charge in [-0.25, -0.2) is 4.79 Å². The number of benzene rings is 1. The Morgan fingerprint density at radius 2 is 1.94 bits per heavy atom. The summed E-state index contributed by atoms with van der Waals surface area (Å²) in [6.07, 6.45) is 0.850. The van der Waals surface area contributed by atoms with E-state index in [4.69, 9.17) is 4.42 Å². The largest absolute Gasteiger partial charge is 0.423 e. The van der Waals surface area contributed by atoms with E-state index in [1.807, 2.05) is 6.07 Å². The number of hydrogen-bond donors (Lipinski definition) is 0. The summed E-state index contributed by atoms with van der Waals surface area (Å²) in [6.45, 7) is 8.48. The molecule has 0 amide bonds. The van der Waals surface area contributed by atoms with Crippen molar-refractivity contribution in [3.05, 3.63) is 45.3 Å². The molecule has 0 aliphatic carbocycles. The zero-order chi connectivity index (χ0) is 12.6. The van der Waals surface area contributed by atoms with Gasteiger partial charge in [0.15, 0.2) is 0 Å². The highest BCUT2D eigenvalue weighted by molar-refractivity contribution is 5.82. The minimum atomic E-state index is -0.258. The van der Waals surface area contributed by atoms with Gasteiger partial charge in [-0.2, -0.15) is 0 Å². The first-order chi connectivity index (χ1) is 8.02. The van der Waals surface area contributed by atoms with Crippen molar-refractivity contribution in [3.8, 4) is 0 Å². The predicted octanol–water partition coefficient (Wildman–Crippen LogP) is 3.79. The predicted molar refractivity (Wildman–Crippen MR) is 70.7 cm³/mol. The van der Waals surface area contributed by atoms with Crippen LogP contribution in [0.4, 0.5) is 0 Å². The molecular formula is C15H18O2. The van der Waals surface area contributed by atoms with Gasteiger partial charge in [0.1, 0.15) is 5.58 Å². The minimum Gasteiger partial charge on any atom is -0.423 e.